The standard InChI is InChI=1S/C13H22N2O/c1-13(2,6-4-8-16)11-15-10-12-5-3-7-14-9-12/h3,5,7,9,15-16H,4,6,8,10-11H2,1-2H3. The van der Waals surface area contributed by atoms with Crippen LogP contribution in [0, 0.1) is 5.41 Å². The van der Waals surface area contributed by atoms with Crippen molar-refractivity contribution < 1.29 is 5.11 Å². The number of aliphatic hydroxyl groups is 1. The second-order valence-electron chi connectivity index (χ2n) is 4.96. The number of rotatable bonds is 7. The zero-order valence-electron chi connectivity index (χ0n) is 10.2. The molecule has 1 aromatic heterocycles. The summed E-state index contributed by atoms with van der Waals surface area (Å²) >= 11 is 0. The summed E-state index contributed by atoms with van der Waals surface area (Å²) in [4.78, 5) is 4.08. The molecule has 0 radical (unpaired) electrons. The molecule has 0 bridgehead atoms. The van der Waals surface area contributed by atoms with Gasteiger partial charge in [0.2, 0.25) is 0 Å². The van der Waals surface area contributed by atoms with E-state index in [0.717, 1.165) is 25.9 Å². The minimum absolute atomic E-state index is 0.241. The van der Waals surface area contributed by atoms with E-state index in [-0.39, 0.29) is 12.0 Å². The predicted molar refractivity (Wildman–Crippen MR) is 66.0 cm³/mol. The maximum atomic E-state index is 8.80. The Kier molecular flexibility index (Phi) is 5.43. The van der Waals surface area contributed by atoms with Crippen molar-refractivity contribution in [1.29, 1.82) is 0 Å². The van der Waals surface area contributed by atoms with Crippen LogP contribution in [0.1, 0.15) is 32.3 Å². The SMILES string of the molecule is CC(C)(CCCO)CNCc1cccnc1. The van der Waals surface area contributed by atoms with E-state index in [1.807, 2.05) is 12.3 Å². The van der Waals surface area contributed by atoms with Crippen LogP contribution in [-0.4, -0.2) is 23.2 Å². The molecule has 0 saturated heterocycles. The number of nitrogens with one attached hydrogen (secondary N) is 1. The predicted octanol–water partition coefficient (Wildman–Crippen LogP) is 1.97. The van der Waals surface area contributed by atoms with Gasteiger partial charge in [0.1, 0.15) is 0 Å². The highest BCUT2D eigenvalue weighted by Crippen LogP contribution is 2.20. The van der Waals surface area contributed by atoms with E-state index in [2.05, 4.69) is 30.2 Å². The molecule has 2 N–H and O–H groups in total. The molecule has 90 valence electrons. The van der Waals surface area contributed by atoms with Gasteiger partial charge in [0.05, 0.1) is 0 Å². The Hall–Kier alpha value is -0.930. The van der Waals surface area contributed by atoms with Gasteiger partial charge in [0.15, 0.2) is 0 Å². The van der Waals surface area contributed by atoms with Gasteiger partial charge in [0, 0.05) is 32.1 Å². The zero-order valence-corrected chi connectivity index (χ0v) is 10.2. The fraction of sp³-hybridized carbons (Fsp3) is 0.615. The summed E-state index contributed by atoms with van der Waals surface area (Å²) in [6, 6.07) is 4.02. The third kappa shape index (κ3) is 5.24. The highest BCUT2D eigenvalue weighted by molar-refractivity contribution is 5.07. The number of hydrogen-bond acceptors (Lipinski definition) is 3. The monoisotopic (exact) mass is 222 g/mol. The van der Waals surface area contributed by atoms with Crippen molar-refractivity contribution in [2.75, 3.05) is 13.2 Å². The molecule has 1 heterocycles. The number of nitrogens with zero attached hydrogens (tertiary/aromatic N) is 1. The molecule has 1 aromatic rings. The normalized spacial score (nSPS) is 11.7. The first kappa shape index (κ1) is 13.1. The van der Waals surface area contributed by atoms with Crippen LogP contribution < -0.4 is 5.32 Å². The van der Waals surface area contributed by atoms with E-state index >= 15 is 0 Å². The largest absolute Gasteiger partial charge is 0.396 e. The molecule has 0 unspecified atom stereocenters. The molecule has 16 heavy (non-hydrogen) atoms. The molecule has 0 aliphatic heterocycles. The minimum atomic E-state index is 0.241. The Morgan fingerprint density at radius 1 is 1.44 bits per heavy atom. The van der Waals surface area contributed by atoms with Crippen LogP contribution in [0.25, 0.3) is 0 Å². The number of aromatic nitrogens is 1. The highest BCUT2D eigenvalue weighted by Gasteiger charge is 2.16. The van der Waals surface area contributed by atoms with E-state index in [9.17, 15) is 0 Å². The molecule has 0 spiro atoms. The Labute approximate surface area is 97.9 Å². The lowest BCUT2D eigenvalue weighted by Gasteiger charge is -2.24. The average molecular weight is 222 g/mol. The maximum Gasteiger partial charge on any atom is 0.0431 e. The molecule has 1 rings (SSSR count). The summed E-state index contributed by atoms with van der Waals surface area (Å²) in [5.41, 5.74) is 1.45. The molecular formula is C13H22N2O. The summed E-state index contributed by atoms with van der Waals surface area (Å²) in [5.74, 6) is 0. The van der Waals surface area contributed by atoms with Crippen LogP contribution in [0.4, 0.5) is 0 Å². The number of pyridine rings is 1. The van der Waals surface area contributed by atoms with Crippen molar-refractivity contribution in [3.8, 4) is 0 Å². The zero-order chi connectivity index (χ0) is 11.9. The second kappa shape index (κ2) is 6.61. The van der Waals surface area contributed by atoms with E-state index in [0.29, 0.717) is 0 Å². The van der Waals surface area contributed by atoms with Crippen molar-refractivity contribution in [2.45, 2.75) is 33.2 Å². The van der Waals surface area contributed by atoms with Crippen LogP contribution >= 0.6 is 0 Å². The van der Waals surface area contributed by atoms with Crippen molar-refractivity contribution in [3.05, 3.63) is 30.1 Å². The molecule has 3 heteroatoms. The average Bonchev–Trinajstić information content (AvgIpc) is 2.28. The Balaban J connectivity index is 2.24. The molecular weight excluding hydrogens is 200 g/mol. The number of hydrogen-bond donors (Lipinski definition) is 2. The first-order valence-electron chi connectivity index (χ1n) is 5.84. The van der Waals surface area contributed by atoms with Crippen LogP contribution in [0.5, 0.6) is 0 Å². The Bertz CT molecular complexity index is 285. The lowest BCUT2D eigenvalue weighted by molar-refractivity contribution is 0.236. The van der Waals surface area contributed by atoms with Gasteiger partial charge in [-0.2, -0.15) is 0 Å². The lowest BCUT2D eigenvalue weighted by atomic mass is 9.88. The molecule has 0 saturated carbocycles. The highest BCUT2D eigenvalue weighted by atomic mass is 16.2. The van der Waals surface area contributed by atoms with E-state index in [1.165, 1.54) is 5.56 Å². The molecule has 0 aliphatic rings. The van der Waals surface area contributed by atoms with Gasteiger partial charge in [0.25, 0.3) is 0 Å². The summed E-state index contributed by atoms with van der Waals surface area (Å²) in [5, 5.41) is 12.2. The second-order valence-corrected chi connectivity index (χ2v) is 4.96. The van der Waals surface area contributed by atoms with E-state index in [4.69, 9.17) is 5.11 Å². The van der Waals surface area contributed by atoms with Gasteiger partial charge < -0.3 is 10.4 Å². The Morgan fingerprint density at radius 2 is 2.25 bits per heavy atom. The van der Waals surface area contributed by atoms with Crippen LogP contribution in [0.15, 0.2) is 24.5 Å². The van der Waals surface area contributed by atoms with Gasteiger partial charge >= 0.3 is 0 Å². The molecule has 0 aliphatic carbocycles. The lowest BCUT2D eigenvalue weighted by Crippen LogP contribution is -2.29. The molecule has 3 nitrogen and oxygen atoms in total. The van der Waals surface area contributed by atoms with Gasteiger partial charge in [-0.3, -0.25) is 4.98 Å². The van der Waals surface area contributed by atoms with Gasteiger partial charge in [-0.15, -0.1) is 0 Å². The minimum Gasteiger partial charge on any atom is -0.396 e. The Morgan fingerprint density at radius 3 is 2.88 bits per heavy atom. The topological polar surface area (TPSA) is 45.1 Å². The molecule has 0 aromatic carbocycles. The van der Waals surface area contributed by atoms with Crippen molar-refractivity contribution >= 4 is 0 Å². The molecule has 0 fully saturated rings. The third-order valence-corrected chi connectivity index (χ3v) is 2.67. The van der Waals surface area contributed by atoms with Gasteiger partial charge in [-0.05, 0) is 29.9 Å². The van der Waals surface area contributed by atoms with Crippen LogP contribution in [0.2, 0.25) is 0 Å². The van der Waals surface area contributed by atoms with Gasteiger partial charge in [-0.1, -0.05) is 19.9 Å². The van der Waals surface area contributed by atoms with E-state index in [1.54, 1.807) is 6.20 Å². The van der Waals surface area contributed by atoms with Crippen molar-refractivity contribution in [2.24, 2.45) is 5.41 Å². The fourth-order valence-electron chi connectivity index (χ4n) is 1.69. The molecule has 0 amide bonds. The van der Waals surface area contributed by atoms with Crippen molar-refractivity contribution in [1.82, 2.24) is 10.3 Å². The molecule has 0 atom stereocenters. The fourth-order valence-corrected chi connectivity index (χ4v) is 1.69. The summed E-state index contributed by atoms with van der Waals surface area (Å²) < 4.78 is 0. The van der Waals surface area contributed by atoms with Crippen LogP contribution in [0.3, 0.4) is 0 Å². The summed E-state index contributed by atoms with van der Waals surface area (Å²) in [6.45, 7) is 6.54. The van der Waals surface area contributed by atoms with Crippen molar-refractivity contribution in [3.63, 3.8) is 0 Å². The number of aliphatic hydroxyl groups excluding tert-OH is 1. The smallest absolute Gasteiger partial charge is 0.0431 e. The van der Waals surface area contributed by atoms with E-state index < -0.39 is 0 Å². The van der Waals surface area contributed by atoms with Crippen LogP contribution in [-0.2, 0) is 6.54 Å². The first-order valence-corrected chi connectivity index (χ1v) is 5.84. The first-order chi connectivity index (χ1) is 7.64. The maximum absolute atomic E-state index is 8.80. The third-order valence-electron chi connectivity index (χ3n) is 2.67. The summed E-state index contributed by atoms with van der Waals surface area (Å²) in [6.07, 6.45) is 5.59. The van der Waals surface area contributed by atoms with Gasteiger partial charge in [-0.25, -0.2) is 0 Å². The quantitative estimate of drug-likeness (QED) is 0.741. The summed E-state index contributed by atoms with van der Waals surface area (Å²) in [7, 11) is 0.